The van der Waals surface area contributed by atoms with Crippen LogP contribution in [0.15, 0.2) is 24.3 Å². The lowest BCUT2D eigenvalue weighted by atomic mass is 9.84. The summed E-state index contributed by atoms with van der Waals surface area (Å²) in [7, 11) is 0. The first-order valence-electron chi connectivity index (χ1n) is 11.9. The zero-order valence-electron chi connectivity index (χ0n) is 21.3. The van der Waals surface area contributed by atoms with Crippen molar-refractivity contribution >= 4 is 12.6 Å². The van der Waals surface area contributed by atoms with E-state index in [1.807, 2.05) is 53.7 Å². The fourth-order valence-corrected chi connectivity index (χ4v) is 4.57. The molecule has 6 heteroatoms. The van der Waals surface area contributed by atoms with E-state index in [9.17, 15) is 19.8 Å². The minimum Gasteiger partial charge on any atom is -0.507 e. The summed E-state index contributed by atoms with van der Waals surface area (Å²) in [6.07, 6.45) is 1.45. The number of carbonyl (C=O) groups is 2. The average molecular weight is 467 g/mol. The van der Waals surface area contributed by atoms with E-state index < -0.39 is 0 Å². The molecule has 1 aliphatic heterocycles. The zero-order valence-corrected chi connectivity index (χ0v) is 21.3. The number of phenolic OH excluding ortho intramolecular Hbond substituents is 2. The molecule has 184 valence electrons. The highest BCUT2D eigenvalue weighted by atomic mass is 16.3. The van der Waals surface area contributed by atoms with Crippen LogP contribution in [-0.2, 0) is 23.9 Å². The summed E-state index contributed by atoms with van der Waals surface area (Å²) < 4.78 is 0. The molecule has 1 saturated heterocycles. The van der Waals surface area contributed by atoms with Gasteiger partial charge in [-0.15, -0.1) is 0 Å². The summed E-state index contributed by atoms with van der Waals surface area (Å²) in [5.41, 5.74) is 3.81. The van der Waals surface area contributed by atoms with Crippen LogP contribution in [0.4, 0.5) is 0 Å². The standard InChI is InChI=1S/C28H38N2O4/c1-27(2,3)23-13-19(11-21(17-31)25(23)33)15-29-7-9-30(10-8-29)16-20-12-22(18-32)26(34)24(14-20)28(4,5)6/h11-14,17-18,33-34H,7-10,15-16H2,1-6H3. The van der Waals surface area contributed by atoms with Gasteiger partial charge in [-0.2, -0.15) is 0 Å². The van der Waals surface area contributed by atoms with Gasteiger partial charge in [-0.1, -0.05) is 53.7 Å². The Balaban J connectivity index is 1.69. The van der Waals surface area contributed by atoms with Gasteiger partial charge in [-0.05, 0) is 34.1 Å². The van der Waals surface area contributed by atoms with Crippen molar-refractivity contribution in [2.24, 2.45) is 0 Å². The van der Waals surface area contributed by atoms with Gasteiger partial charge in [0.15, 0.2) is 12.6 Å². The van der Waals surface area contributed by atoms with E-state index in [2.05, 4.69) is 9.80 Å². The van der Waals surface area contributed by atoms with Gasteiger partial charge in [-0.3, -0.25) is 19.4 Å². The van der Waals surface area contributed by atoms with Crippen LogP contribution in [0.2, 0.25) is 0 Å². The highest BCUT2D eigenvalue weighted by Gasteiger charge is 2.25. The quantitative estimate of drug-likeness (QED) is 0.604. The Labute approximate surface area is 203 Å². The molecule has 6 nitrogen and oxygen atoms in total. The van der Waals surface area contributed by atoms with Crippen molar-refractivity contribution in [3.8, 4) is 11.5 Å². The number of aromatic hydroxyl groups is 2. The molecule has 2 aromatic carbocycles. The molecular formula is C28H38N2O4. The first-order chi connectivity index (χ1) is 15.8. The van der Waals surface area contributed by atoms with E-state index in [1.54, 1.807) is 12.1 Å². The van der Waals surface area contributed by atoms with Gasteiger partial charge in [-0.25, -0.2) is 0 Å². The molecule has 3 rings (SSSR count). The van der Waals surface area contributed by atoms with Gasteiger partial charge in [0.1, 0.15) is 11.5 Å². The largest absolute Gasteiger partial charge is 0.507 e. The first kappa shape index (κ1) is 25.9. The van der Waals surface area contributed by atoms with Crippen molar-refractivity contribution in [3.05, 3.63) is 57.6 Å². The number of hydrogen-bond donors (Lipinski definition) is 2. The number of benzene rings is 2. The third-order valence-electron chi connectivity index (χ3n) is 6.55. The van der Waals surface area contributed by atoms with Gasteiger partial charge in [0.25, 0.3) is 0 Å². The molecule has 2 N–H and O–H groups in total. The minimum atomic E-state index is -0.257. The van der Waals surface area contributed by atoms with Crippen LogP contribution in [-0.4, -0.2) is 58.8 Å². The Hall–Kier alpha value is -2.70. The van der Waals surface area contributed by atoms with Crippen molar-refractivity contribution in [1.82, 2.24) is 9.80 Å². The Morgan fingerprint density at radius 1 is 0.676 bits per heavy atom. The maximum absolute atomic E-state index is 11.5. The second kappa shape index (κ2) is 9.88. The van der Waals surface area contributed by atoms with Crippen molar-refractivity contribution < 1.29 is 19.8 Å². The molecule has 1 fully saturated rings. The highest BCUT2D eigenvalue weighted by Crippen LogP contribution is 2.35. The van der Waals surface area contributed by atoms with Crippen LogP contribution in [0.3, 0.4) is 0 Å². The summed E-state index contributed by atoms with van der Waals surface area (Å²) in [5.74, 6) is 0.156. The van der Waals surface area contributed by atoms with Crippen molar-refractivity contribution in [2.45, 2.75) is 65.5 Å². The smallest absolute Gasteiger partial charge is 0.153 e. The Morgan fingerprint density at radius 2 is 1.00 bits per heavy atom. The molecule has 34 heavy (non-hydrogen) atoms. The van der Waals surface area contributed by atoms with Gasteiger partial charge in [0.2, 0.25) is 0 Å². The molecule has 0 spiro atoms. The van der Waals surface area contributed by atoms with Crippen molar-refractivity contribution in [2.75, 3.05) is 26.2 Å². The lowest BCUT2D eigenvalue weighted by Gasteiger charge is -2.35. The van der Waals surface area contributed by atoms with Gasteiger partial charge < -0.3 is 10.2 Å². The summed E-state index contributed by atoms with van der Waals surface area (Å²) in [6.45, 7) is 17.2. The molecule has 0 atom stereocenters. The Kier molecular flexibility index (Phi) is 7.53. The molecule has 0 radical (unpaired) electrons. The number of phenols is 2. The average Bonchev–Trinajstić information content (AvgIpc) is 2.75. The number of piperazine rings is 1. The summed E-state index contributed by atoms with van der Waals surface area (Å²) in [6, 6.07) is 7.60. The van der Waals surface area contributed by atoms with Crippen LogP contribution < -0.4 is 0 Å². The minimum absolute atomic E-state index is 0.0780. The van der Waals surface area contributed by atoms with Crippen LogP contribution in [0.25, 0.3) is 0 Å². The van der Waals surface area contributed by atoms with E-state index in [4.69, 9.17) is 0 Å². The summed E-state index contributed by atoms with van der Waals surface area (Å²) in [4.78, 5) is 27.7. The number of rotatable bonds is 6. The lowest BCUT2D eigenvalue weighted by Crippen LogP contribution is -2.45. The predicted molar refractivity (Wildman–Crippen MR) is 135 cm³/mol. The maximum Gasteiger partial charge on any atom is 0.153 e. The highest BCUT2D eigenvalue weighted by molar-refractivity contribution is 5.81. The fraction of sp³-hybridized carbons (Fsp3) is 0.500. The van der Waals surface area contributed by atoms with Gasteiger partial charge in [0, 0.05) is 50.4 Å². The number of aldehydes is 2. The molecular weight excluding hydrogens is 428 g/mol. The lowest BCUT2D eigenvalue weighted by molar-refractivity contribution is 0.111. The monoisotopic (exact) mass is 466 g/mol. The normalized spacial score (nSPS) is 15.9. The van der Waals surface area contributed by atoms with Gasteiger partial charge >= 0.3 is 0 Å². The van der Waals surface area contributed by atoms with Crippen LogP contribution in [0, 0.1) is 0 Å². The Morgan fingerprint density at radius 3 is 1.26 bits per heavy atom. The third kappa shape index (κ3) is 5.86. The molecule has 0 aliphatic carbocycles. The number of hydrogen-bond acceptors (Lipinski definition) is 6. The summed E-state index contributed by atoms with van der Waals surface area (Å²) in [5, 5.41) is 20.9. The van der Waals surface area contributed by atoms with E-state index in [0.29, 0.717) is 11.1 Å². The predicted octanol–water partition coefficient (Wildman–Crippen LogP) is 4.64. The third-order valence-corrected chi connectivity index (χ3v) is 6.55. The van der Waals surface area contributed by atoms with Crippen molar-refractivity contribution in [1.29, 1.82) is 0 Å². The van der Waals surface area contributed by atoms with Crippen LogP contribution in [0.5, 0.6) is 11.5 Å². The van der Waals surface area contributed by atoms with Crippen molar-refractivity contribution in [3.63, 3.8) is 0 Å². The van der Waals surface area contributed by atoms with E-state index >= 15 is 0 Å². The molecule has 0 saturated carbocycles. The Bertz CT molecular complexity index is 970. The first-order valence-corrected chi connectivity index (χ1v) is 11.9. The number of nitrogens with zero attached hydrogens (tertiary/aromatic N) is 2. The van der Waals surface area contributed by atoms with E-state index in [-0.39, 0.29) is 22.3 Å². The molecule has 0 amide bonds. The van der Waals surface area contributed by atoms with Crippen LogP contribution >= 0.6 is 0 Å². The number of carbonyl (C=O) groups excluding carboxylic acids is 2. The molecule has 2 aromatic rings. The van der Waals surface area contributed by atoms with E-state index in [1.165, 1.54) is 0 Å². The second-order valence-electron chi connectivity index (χ2n) is 11.5. The van der Waals surface area contributed by atoms with E-state index in [0.717, 1.165) is 74.1 Å². The molecule has 0 unspecified atom stereocenters. The molecule has 0 bridgehead atoms. The zero-order chi connectivity index (χ0) is 25.3. The topological polar surface area (TPSA) is 81.1 Å². The molecule has 1 heterocycles. The SMILES string of the molecule is CC(C)(C)c1cc(CN2CCN(Cc3cc(C=O)c(O)c(C(C)(C)C)c3)CC2)cc(C=O)c1O. The van der Waals surface area contributed by atoms with Gasteiger partial charge in [0.05, 0.1) is 11.1 Å². The molecule has 0 aromatic heterocycles. The van der Waals surface area contributed by atoms with Crippen LogP contribution in [0.1, 0.15) is 84.5 Å². The second-order valence-corrected chi connectivity index (χ2v) is 11.5. The molecule has 1 aliphatic rings. The summed E-state index contributed by atoms with van der Waals surface area (Å²) >= 11 is 0. The fourth-order valence-electron chi connectivity index (χ4n) is 4.57. The maximum atomic E-state index is 11.5.